The summed E-state index contributed by atoms with van der Waals surface area (Å²) in [5.74, 6) is 0.793. The van der Waals surface area contributed by atoms with Crippen molar-refractivity contribution in [2.45, 2.75) is 25.9 Å². The topological polar surface area (TPSA) is 55.8 Å². The lowest BCUT2D eigenvalue weighted by molar-refractivity contribution is 0.0924. The summed E-state index contributed by atoms with van der Waals surface area (Å²) in [6.07, 6.45) is 2.31. The van der Waals surface area contributed by atoms with Gasteiger partial charge in [-0.2, -0.15) is 0 Å². The van der Waals surface area contributed by atoms with Gasteiger partial charge in [-0.1, -0.05) is 37.3 Å². The van der Waals surface area contributed by atoms with E-state index in [0.29, 0.717) is 5.56 Å². The van der Waals surface area contributed by atoms with E-state index in [-0.39, 0.29) is 17.8 Å². The summed E-state index contributed by atoms with van der Waals surface area (Å²) in [6, 6.07) is 15.2. The molecule has 0 radical (unpaired) electrons. The van der Waals surface area contributed by atoms with Crippen LogP contribution in [0.3, 0.4) is 0 Å². The first-order valence-corrected chi connectivity index (χ1v) is 9.79. The lowest BCUT2D eigenvalue weighted by Crippen LogP contribution is -2.49. The van der Waals surface area contributed by atoms with Crippen LogP contribution in [0, 0.1) is 5.92 Å². The van der Waals surface area contributed by atoms with E-state index in [0.717, 1.165) is 43.3 Å². The minimum absolute atomic E-state index is 0.118. The molecule has 2 aromatic rings. The number of nitrogens with one attached hydrogen (secondary N) is 1. The SMILES string of the molecule is CC1CCN(CCN2c3ccc(O)cc3C(=O)NC2c2ccccc2)CC1. The van der Waals surface area contributed by atoms with Gasteiger partial charge in [0.05, 0.1) is 11.3 Å². The maximum absolute atomic E-state index is 12.6. The quantitative estimate of drug-likeness (QED) is 0.872. The fourth-order valence-corrected chi connectivity index (χ4v) is 4.06. The van der Waals surface area contributed by atoms with Gasteiger partial charge < -0.3 is 20.2 Å². The number of carbonyl (C=O) groups is 1. The monoisotopic (exact) mass is 365 g/mol. The van der Waals surface area contributed by atoms with Gasteiger partial charge >= 0.3 is 0 Å². The number of anilines is 1. The minimum Gasteiger partial charge on any atom is -0.508 e. The summed E-state index contributed by atoms with van der Waals surface area (Å²) >= 11 is 0. The van der Waals surface area contributed by atoms with Gasteiger partial charge in [-0.25, -0.2) is 0 Å². The number of hydrogen-bond donors (Lipinski definition) is 2. The van der Waals surface area contributed by atoms with E-state index in [1.54, 1.807) is 12.1 Å². The largest absolute Gasteiger partial charge is 0.508 e. The molecule has 1 unspecified atom stereocenters. The van der Waals surface area contributed by atoms with Gasteiger partial charge in [-0.05, 0) is 55.6 Å². The summed E-state index contributed by atoms with van der Waals surface area (Å²) in [4.78, 5) is 17.4. The number of nitrogens with zero attached hydrogens (tertiary/aromatic N) is 2. The normalized spacial score (nSPS) is 21.0. The van der Waals surface area contributed by atoms with Crippen LogP contribution >= 0.6 is 0 Å². The first-order chi connectivity index (χ1) is 13.1. The molecule has 2 aliphatic rings. The third kappa shape index (κ3) is 3.78. The lowest BCUT2D eigenvalue weighted by Gasteiger charge is -2.41. The Bertz CT molecular complexity index is 800. The average Bonchev–Trinajstić information content (AvgIpc) is 2.69. The number of phenols is 1. The van der Waals surface area contributed by atoms with E-state index < -0.39 is 0 Å². The van der Waals surface area contributed by atoms with Crippen molar-refractivity contribution in [2.24, 2.45) is 5.92 Å². The molecular weight excluding hydrogens is 338 g/mol. The predicted octanol–water partition coefficient (Wildman–Crippen LogP) is 3.37. The first kappa shape index (κ1) is 17.9. The molecule has 5 heteroatoms. The first-order valence-electron chi connectivity index (χ1n) is 9.79. The number of phenolic OH excluding ortho intramolecular Hbond substituents is 1. The summed E-state index contributed by atoms with van der Waals surface area (Å²) in [6.45, 7) is 6.39. The number of likely N-dealkylation sites (tertiary alicyclic amines) is 1. The fraction of sp³-hybridized carbons (Fsp3) is 0.409. The summed E-state index contributed by atoms with van der Waals surface area (Å²) in [5, 5.41) is 12.9. The number of benzene rings is 2. The van der Waals surface area contributed by atoms with Crippen molar-refractivity contribution >= 4 is 11.6 Å². The van der Waals surface area contributed by atoms with Crippen LogP contribution < -0.4 is 10.2 Å². The van der Waals surface area contributed by atoms with Crippen LogP contribution in [0.5, 0.6) is 5.75 Å². The Balaban J connectivity index is 1.61. The van der Waals surface area contributed by atoms with Crippen LogP contribution in [-0.2, 0) is 0 Å². The molecule has 2 N–H and O–H groups in total. The number of hydrogen-bond acceptors (Lipinski definition) is 4. The Kier molecular flexibility index (Phi) is 5.03. The Hall–Kier alpha value is -2.53. The summed E-state index contributed by atoms with van der Waals surface area (Å²) in [7, 11) is 0. The third-order valence-corrected chi connectivity index (χ3v) is 5.76. The van der Waals surface area contributed by atoms with Gasteiger partial charge in [0.2, 0.25) is 0 Å². The van der Waals surface area contributed by atoms with Crippen LogP contribution in [0.25, 0.3) is 0 Å². The predicted molar refractivity (Wildman–Crippen MR) is 107 cm³/mol. The highest BCUT2D eigenvalue weighted by Gasteiger charge is 2.32. The van der Waals surface area contributed by atoms with E-state index in [1.807, 2.05) is 36.4 Å². The van der Waals surface area contributed by atoms with Crippen molar-refractivity contribution in [3.05, 3.63) is 59.7 Å². The Morgan fingerprint density at radius 3 is 2.56 bits per heavy atom. The molecule has 142 valence electrons. The molecule has 5 nitrogen and oxygen atoms in total. The molecule has 2 heterocycles. The van der Waals surface area contributed by atoms with E-state index in [1.165, 1.54) is 12.8 Å². The maximum Gasteiger partial charge on any atom is 0.255 e. The number of piperidine rings is 1. The number of carbonyl (C=O) groups excluding carboxylic acids is 1. The van der Waals surface area contributed by atoms with E-state index >= 15 is 0 Å². The molecule has 2 aromatic carbocycles. The van der Waals surface area contributed by atoms with Crippen LogP contribution in [0.4, 0.5) is 5.69 Å². The van der Waals surface area contributed by atoms with Gasteiger partial charge in [-0.15, -0.1) is 0 Å². The second-order valence-corrected chi connectivity index (χ2v) is 7.71. The molecule has 1 saturated heterocycles. The molecule has 0 aliphatic carbocycles. The zero-order chi connectivity index (χ0) is 18.8. The molecule has 0 bridgehead atoms. The number of aromatic hydroxyl groups is 1. The standard InChI is InChI=1S/C22H27N3O2/c1-16-9-11-24(12-10-16)13-14-25-20-8-7-18(26)15-19(20)22(27)23-21(25)17-5-3-2-4-6-17/h2-8,15-16,21,26H,9-14H2,1H3,(H,23,27). The molecule has 4 rings (SSSR count). The van der Waals surface area contributed by atoms with Crippen LogP contribution in [0.15, 0.2) is 48.5 Å². The van der Waals surface area contributed by atoms with Crippen LogP contribution in [0.1, 0.15) is 41.9 Å². The van der Waals surface area contributed by atoms with Gasteiger partial charge in [0.15, 0.2) is 0 Å². The zero-order valence-electron chi connectivity index (χ0n) is 15.8. The van der Waals surface area contributed by atoms with E-state index in [4.69, 9.17) is 0 Å². The molecule has 1 amide bonds. The second kappa shape index (κ2) is 7.61. The number of amides is 1. The highest BCUT2D eigenvalue weighted by molar-refractivity contribution is 6.02. The van der Waals surface area contributed by atoms with Crippen molar-refractivity contribution in [3.63, 3.8) is 0 Å². The lowest BCUT2D eigenvalue weighted by atomic mass is 9.99. The molecular formula is C22H27N3O2. The molecule has 2 aliphatic heterocycles. The van der Waals surface area contributed by atoms with Crippen molar-refractivity contribution in [2.75, 3.05) is 31.1 Å². The molecule has 27 heavy (non-hydrogen) atoms. The van der Waals surface area contributed by atoms with Crippen LogP contribution in [0.2, 0.25) is 0 Å². The van der Waals surface area contributed by atoms with E-state index in [9.17, 15) is 9.90 Å². The fourth-order valence-electron chi connectivity index (χ4n) is 4.06. The Labute approximate surface area is 160 Å². The summed E-state index contributed by atoms with van der Waals surface area (Å²) < 4.78 is 0. The second-order valence-electron chi connectivity index (χ2n) is 7.71. The number of fused-ring (bicyclic) bond motifs is 1. The molecule has 0 saturated carbocycles. The minimum atomic E-state index is -0.195. The molecule has 0 spiro atoms. The van der Waals surface area contributed by atoms with Crippen molar-refractivity contribution in [1.82, 2.24) is 10.2 Å². The Morgan fingerprint density at radius 2 is 1.81 bits per heavy atom. The van der Waals surface area contributed by atoms with Crippen molar-refractivity contribution in [3.8, 4) is 5.75 Å². The van der Waals surface area contributed by atoms with Gasteiger partial charge in [-0.3, -0.25) is 4.79 Å². The molecule has 1 fully saturated rings. The van der Waals surface area contributed by atoms with Gasteiger partial charge in [0, 0.05) is 13.1 Å². The zero-order valence-corrected chi connectivity index (χ0v) is 15.8. The average molecular weight is 365 g/mol. The maximum atomic E-state index is 12.6. The highest BCUT2D eigenvalue weighted by Crippen LogP contribution is 2.34. The van der Waals surface area contributed by atoms with Gasteiger partial charge in [0.25, 0.3) is 5.91 Å². The third-order valence-electron chi connectivity index (χ3n) is 5.76. The van der Waals surface area contributed by atoms with Gasteiger partial charge in [0.1, 0.15) is 11.9 Å². The van der Waals surface area contributed by atoms with Crippen molar-refractivity contribution < 1.29 is 9.90 Å². The highest BCUT2D eigenvalue weighted by atomic mass is 16.3. The van der Waals surface area contributed by atoms with Crippen LogP contribution in [-0.4, -0.2) is 42.1 Å². The smallest absolute Gasteiger partial charge is 0.255 e. The summed E-state index contributed by atoms with van der Waals surface area (Å²) in [5.41, 5.74) is 2.49. The molecule has 1 atom stereocenters. The Morgan fingerprint density at radius 1 is 1.07 bits per heavy atom. The number of rotatable bonds is 4. The van der Waals surface area contributed by atoms with E-state index in [2.05, 4.69) is 22.0 Å². The molecule has 0 aromatic heterocycles. The van der Waals surface area contributed by atoms with Crippen molar-refractivity contribution in [1.29, 1.82) is 0 Å².